The fourth-order valence-corrected chi connectivity index (χ4v) is 3.28. The number of benzene rings is 2. The number of nitrogens with zero attached hydrogens (tertiary/aromatic N) is 2. The smallest absolute Gasteiger partial charge is 0.416 e. The van der Waals surface area contributed by atoms with E-state index in [-0.39, 0.29) is 28.6 Å². The molecule has 1 aromatic heterocycles. The predicted octanol–water partition coefficient (Wildman–Crippen LogP) is 6.06. The molecule has 30 heavy (non-hydrogen) atoms. The Hall–Kier alpha value is -2.88. The molecular formula is C20H16F5N3OS. The number of rotatable bonds is 6. The molecule has 10 heteroatoms. The second-order valence-electron chi connectivity index (χ2n) is 6.21. The number of anilines is 2. The van der Waals surface area contributed by atoms with Crippen LogP contribution in [0.1, 0.15) is 11.1 Å². The van der Waals surface area contributed by atoms with Crippen molar-refractivity contribution in [3.8, 4) is 17.0 Å². The van der Waals surface area contributed by atoms with E-state index in [1.54, 1.807) is 6.26 Å². The zero-order chi connectivity index (χ0) is 21.9. The third kappa shape index (κ3) is 4.99. The summed E-state index contributed by atoms with van der Waals surface area (Å²) < 4.78 is 72.5. The first-order valence-corrected chi connectivity index (χ1v) is 9.94. The highest BCUT2D eigenvalue weighted by molar-refractivity contribution is 7.97. The van der Waals surface area contributed by atoms with Crippen molar-refractivity contribution in [2.75, 3.05) is 18.7 Å². The van der Waals surface area contributed by atoms with Crippen molar-refractivity contribution in [2.45, 2.75) is 11.9 Å². The first-order valence-electron chi connectivity index (χ1n) is 8.55. The lowest BCUT2D eigenvalue weighted by Gasteiger charge is -2.14. The Kier molecular flexibility index (Phi) is 6.45. The summed E-state index contributed by atoms with van der Waals surface area (Å²) >= 11 is 1.38. The maximum Gasteiger partial charge on any atom is 0.416 e. The van der Waals surface area contributed by atoms with Gasteiger partial charge in [-0.05, 0) is 42.2 Å². The summed E-state index contributed by atoms with van der Waals surface area (Å²) in [4.78, 5) is 7.86. The van der Waals surface area contributed by atoms with Crippen molar-refractivity contribution in [3.05, 3.63) is 65.4 Å². The summed E-state index contributed by atoms with van der Waals surface area (Å²) in [5.41, 5.74) is -0.256. The summed E-state index contributed by atoms with van der Waals surface area (Å²) in [6.07, 6.45) is -1.87. The summed E-state index contributed by atoms with van der Waals surface area (Å²) in [6.45, 7) is 0. The Labute approximate surface area is 173 Å². The monoisotopic (exact) mass is 441 g/mol. The van der Waals surface area contributed by atoms with Crippen LogP contribution in [0, 0.1) is 11.6 Å². The molecule has 1 N–H and O–H groups in total. The quantitative estimate of drug-likeness (QED) is 0.472. The molecule has 0 saturated heterocycles. The average Bonchev–Trinajstić information content (AvgIpc) is 2.69. The van der Waals surface area contributed by atoms with Crippen molar-refractivity contribution < 1.29 is 26.7 Å². The third-order valence-electron chi connectivity index (χ3n) is 4.05. The van der Waals surface area contributed by atoms with Gasteiger partial charge in [-0.1, -0.05) is 0 Å². The van der Waals surface area contributed by atoms with Gasteiger partial charge < -0.3 is 10.1 Å². The van der Waals surface area contributed by atoms with Gasteiger partial charge in [-0.15, -0.1) is 0 Å². The normalized spacial score (nSPS) is 11.4. The van der Waals surface area contributed by atoms with Crippen molar-refractivity contribution in [1.82, 2.24) is 9.97 Å². The third-order valence-corrected chi connectivity index (χ3v) is 4.67. The van der Waals surface area contributed by atoms with Crippen LogP contribution in [0.15, 0.2) is 42.6 Å². The van der Waals surface area contributed by atoms with E-state index in [0.29, 0.717) is 11.3 Å². The molecule has 0 aliphatic carbocycles. The molecular weight excluding hydrogens is 425 g/mol. The lowest BCUT2D eigenvalue weighted by atomic mass is 10.1. The summed E-state index contributed by atoms with van der Waals surface area (Å²) in [5.74, 6) is -1.06. The van der Waals surface area contributed by atoms with Gasteiger partial charge in [0.2, 0.25) is 5.95 Å². The van der Waals surface area contributed by atoms with Gasteiger partial charge in [-0.3, -0.25) is 0 Å². The van der Waals surface area contributed by atoms with E-state index in [2.05, 4.69) is 15.3 Å². The van der Waals surface area contributed by atoms with E-state index in [9.17, 15) is 22.0 Å². The predicted molar refractivity (Wildman–Crippen MR) is 106 cm³/mol. The van der Waals surface area contributed by atoms with Crippen LogP contribution in [0.5, 0.6) is 5.75 Å². The minimum absolute atomic E-state index is 0.0554. The van der Waals surface area contributed by atoms with Crippen LogP contribution in [-0.4, -0.2) is 23.3 Å². The van der Waals surface area contributed by atoms with Crippen LogP contribution in [0.2, 0.25) is 0 Å². The first kappa shape index (κ1) is 21.8. The second kappa shape index (κ2) is 8.86. The van der Waals surface area contributed by atoms with Crippen LogP contribution >= 0.6 is 11.8 Å². The highest BCUT2D eigenvalue weighted by atomic mass is 32.2. The van der Waals surface area contributed by atoms with Crippen LogP contribution in [-0.2, 0) is 11.9 Å². The van der Waals surface area contributed by atoms with Gasteiger partial charge in [0.25, 0.3) is 0 Å². The molecule has 0 spiro atoms. The highest BCUT2D eigenvalue weighted by Crippen LogP contribution is 2.34. The first-order chi connectivity index (χ1) is 14.2. The Bertz CT molecular complexity index is 1060. The van der Waals surface area contributed by atoms with E-state index in [4.69, 9.17) is 4.74 Å². The van der Waals surface area contributed by atoms with Crippen molar-refractivity contribution in [2.24, 2.45) is 0 Å². The van der Waals surface area contributed by atoms with E-state index >= 15 is 0 Å². The fraction of sp³-hybridized carbons (Fsp3) is 0.200. The van der Waals surface area contributed by atoms with Gasteiger partial charge in [-0.2, -0.15) is 24.9 Å². The van der Waals surface area contributed by atoms with Gasteiger partial charge in [-0.25, -0.2) is 18.7 Å². The maximum absolute atomic E-state index is 14.3. The second-order valence-corrected chi connectivity index (χ2v) is 7.08. The largest absolute Gasteiger partial charge is 0.496 e. The molecule has 0 aliphatic rings. The number of hydrogen-bond donors (Lipinski definition) is 1. The molecule has 4 nitrogen and oxygen atoms in total. The molecule has 0 bridgehead atoms. The molecule has 0 amide bonds. The van der Waals surface area contributed by atoms with Gasteiger partial charge >= 0.3 is 6.18 Å². The molecule has 0 atom stereocenters. The SMILES string of the molecule is COc1cc(F)ccc1-c1nc(Nc2cc(CSC)cc(C(F)(F)F)c2)ncc1F. The van der Waals surface area contributed by atoms with Crippen molar-refractivity contribution in [3.63, 3.8) is 0 Å². The number of hydrogen-bond acceptors (Lipinski definition) is 5. The van der Waals surface area contributed by atoms with Gasteiger partial charge in [0.05, 0.1) is 18.9 Å². The molecule has 158 valence electrons. The number of alkyl halides is 3. The average molecular weight is 441 g/mol. The molecule has 0 fully saturated rings. The Morgan fingerprint density at radius 2 is 1.87 bits per heavy atom. The molecule has 3 aromatic rings. The Morgan fingerprint density at radius 1 is 1.10 bits per heavy atom. The van der Waals surface area contributed by atoms with Gasteiger partial charge in [0, 0.05) is 23.1 Å². The molecule has 0 aliphatic heterocycles. The number of methoxy groups -OCH3 is 1. The zero-order valence-electron chi connectivity index (χ0n) is 15.8. The molecule has 0 saturated carbocycles. The van der Waals surface area contributed by atoms with E-state index in [1.807, 2.05) is 0 Å². The zero-order valence-corrected chi connectivity index (χ0v) is 16.7. The van der Waals surface area contributed by atoms with E-state index < -0.39 is 23.4 Å². The molecule has 0 unspecified atom stereocenters. The van der Waals surface area contributed by atoms with Crippen molar-refractivity contribution >= 4 is 23.4 Å². The van der Waals surface area contributed by atoms with Gasteiger partial charge in [0.1, 0.15) is 17.3 Å². The molecule has 1 heterocycles. The number of ether oxygens (including phenoxy) is 1. The fourth-order valence-electron chi connectivity index (χ4n) is 2.78. The number of aromatic nitrogens is 2. The lowest BCUT2D eigenvalue weighted by molar-refractivity contribution is -0.137. The Morgan fingerprint density at radius 3 is 2.53 bits per heavy atom. The standard InChI is InChI=1S/C20H16F5N3OS/c1-29-17-8-13(21)3-4-15(17)18-16(22)9-26-19(28-18)27-14-6-11(10-30-2)5-12(7-14)20(23,24)25/h3-9H,10H2,1-2H3,(H,26,27,28). The summed E-state index contributed by atoms with van der Waals surface area (Å²) in [7, 11) is 1.30. The number of thioether (sulfide) groups is 1. The summed E-state index contributed by atoms with van der Waals surface area (Å²) in [6, 6.07) is 7.02. The van der Waals surface area contributed by atoms with E-state index in [1.165, 1.54) is 31.0 Å². The van der Waals surface area contributed by atoms with E-state index in [0.717, 1.165) is 30.5 Å². The number of nitrogens with one attached hydrogen (secondary N) is 1. The lowest BCUT2D eigenvalue weighted by Crippen LogP contribution is -2.07. The van der Waals surface area contributed by atoms with Crippen LogP contribution in [0.3, 0.4) is 0 Å². The van der Waals surface area contributed by atoms with Crippen LogP contribution < -0.4 is 10.1 Å². The van der Waals surface area contributed by atoms with Crippen LogP contribution in [0.25, 0.3) is 11.3 Å². The molecule has 3 rings (SSSR count). The minimum atomic E-state index is -4.53. The van der Waals surface area contributed by atoms with Crippen LogP contribution in [0.4, 0.5) is 33.6 Å². The summed E-state index contributed by atoms with van der Waals surface area (Å²) in [5, 5.41) is 2.69. The minimum Gasteiger partial charge on any atom is -0.496 e. The molecule has 2 aromatic carbocycles. The Balaban J connectivity index is 2.01. The topological polar surface area (TPSA) is 47.0 Å². The number of halogens is 5. The molecule has 0 radical (unpaired) electrons. The highest BCUT2D eigenvalue weighted by Gasteiger charge is 2.31. The van der Waals surface area contributed by atoms with Crippen molar-refractivity contribution in [1.29, 1.82) is 0 Å². The maximum atomic E-state index is 14.3. The van der Waals surface area contributed by atoms with Gasteiger partial charge in [0.15, 0.2) is 5.82 Å².